The number of methoxy groups -OCH3 is 3. The molecule has 2 aromatic rings. The molecule has 0 fully saturated rings. The molecule has 0 bridgehead atoms. The Morgan fingerprint density at radius 2 is 1.52 bits per heavy atom. The van der Waals surface area contributed by atoms with Crippen LogP contribution in [-0.2, 0) is 6.54 Å². The highest BCUT2D eigenvalue weighted by molar-refractivity contribution is 5.80. The van der Waals surface area contributed by atoms with Gasteiger partial charge in [0.05, 0.1) is 26.9 Å². The summed E-state index contributed by atoms with van der Waals surface area (Å²) in [5.74, 6) is 2.09. The van der Waals surface area contributed by atoms with Gasteiger partial charge in [-0.2, -0.15) is 0 Å². The Labute approximate surface area is 125 Å². The molecule has 0 radical (unpaired) electrons. The first kappa shape index (κ1) is 15.2. The summed E-state index contributed by atoms with van der Waals surface area (Å²) in [7, 11) is 4.89. The van der Waals surface area contributed by atoms with Crippen LogP contribution >= 0.6 is 0 Å². The average molecular weight is 287 g/mol. The van der Waals surface area contributed by atoms with Crippen LogP contribution in [0.3, 0.4) is 0 Å². The minimum absolute atomic E-state index is 0.452. The zero-order valence-electron chi connectivity index (χ0n) is 12.9. The molecule has 0 spiro atoms. The number of hydrogen-bond acceptors (Lipinski definition) is 4. The summed E-state index contributed by atoms with van der Waals surface area (Å²) >= 11 is 0. The summed E-state index contributed by atoms with van der Waals surface area (Å²) in [6.07, 6.45) is 0. The van der Waals surface area contributed by atoms with Gasteiger partial charge in [-0.05, 0) is 18.1 Å². The van der Waals surface area contributed by atoms with E-state index in [4.69, 9.17) is 19.9 Å². The van der Waals surface area contributed by atoms with Crippen molar-refractivity contribution in [3.05, 3.63) is 41.5 Å². The molecule has 0 aliphatic heterocycles. The predicted molar refractivity (Wildman–Crippen MR) is 84.2 cm³/mol. The topological polar surface area (TPSA) is 53.7 Å². The first-order valence-electron chi connectivity index (χ1n) is 6.74. The number of ether oxygens (including phenoxy) is 3. The average Bonchev–Trinajstić information content (AvgIpc) is 2.53. The van der Waals surface area contributed by atoms with E-state index in [-0.39, 0.29) is 0 Å². The molecule has 0 unspecified atom stereocenters. The van der Waals surface area contributed by atoms with E-state index in [1.54, 1.807) is 21.3 Å². The molecule has 0 amide bonds. The quantitative estimate of drug-likeness (QED) is 0.918. The normalized spacial score (nSPS) is 10.3. The molecule has 2 N–H and O–H groups in total. The van der Waals surface area contributed by atoms with Gasteiger partial charge in [0.1, 0.15) is 17.2 Å². The highest BCUT2D eigenvalue weighted by atomic mass is 16.5. The number of nitrogens with two attached hydrogens (primary N) is 1. The van der Waals surface area contributed by atoms with Crippen LogP contribution in [0, 0.1) is 6.92 Å². The van der Waals surface area contributed by atoms with E-state index in [9.17, 15) is 0 Å². The number of benzene rings is 2. The molecule has 2 rings (SSSR count). The maximum atomic E-state index is 5.87. The molecule has 0 aliphatic carbocycles. The fraction of sp³-hybridized carbons (Fsp3) is 0.294. The van der Waals surface area contributed by atoms with Crippen molar-refractivity contribution in [3.8, 4) is 28.4 Å². The van der Waals surface area contributed by atoms with Gasteiger partial charge in [-0.15, -0.1) is 0 Å². The maximum absolute atomic E-state index is 5.87. The van der Waals surface area contributed by atoms with Crippen LogP contribution in [0.15, 0.2) is 30.3 Å². The van der Waals surface area contributed by atoms with E-state index in [0.717, 1.165) is 22.3 Å². The second-order valence-electron chi connectivity index (χ2n) is 4.77. The first-order valence-corrected chi connectivity index (χ1v) is 6.74. The molecular formula is C17H21NO3. The lowest BCUT2D eigenvalue weighted by molar-refractivity contribution is 0.377. The van der Waals surface area contributed by atoms with Gasteiger partial charge >= 0.3 is 0 Å². The Hall–Kier alpha value is -2.20. The maximum Gasteiger partial charge on any atom is 0.134 e. The molecule has 0 heterocycles. The van der Waals surface area contributed by atoms with E-state index in [1.807, 2.05) is 31.2 Å². The summed E-state index contributed by atoms with van der Waals surface area (Å²) in [6, 6.07) is 9.87. The van der Waals surface area contributed by atoms with E-state index in [1.165, 1.54) is 0 Å². The van der Waals surface area contributed by atoms with Crippen molar-refractivity contribution in [1.82, 2.24) is 0 Å². The smallest absolute Gasteiger partial charge is 0.134 e. The highest BCUT2D eigenvalue weighted by Gasteiger charge is 2.17. The third kappa shape index (κ3) is 2.95. The van der Waals surface area contributed by atoms with Crippen molar-refractivity contribution < 1.29 is 14.2 Å². The highest BCUT2D eigenvalue weighted by Crippen LogP contribution is 2.43. The minimum Gasteiger partial charge on any atom is -0.496 e. The summed E-state index contributed by atoms with van der Waals surface area (Å²) < 4.78 is 16.3. The van der Waals surface area contributed by atoms with Gasteiger partial charge in [0.2, 0.25) is 0 Å². The van der Waals surface area contributed by atoms with Crippen molar-refractivity contribution in [2.75, 3.05) is 21.3 Å². The fourth-order valence-corrected chi connectivity index (χ4v) is 2.37. The van der Waals surface area contributed by atoms with Crippen LogP contribution in [0.2, 0.25) is 0 Å². The van der Waals surface area contributed by atoms with Crippen LogP contribution in [-0.4, -0.2) is 21.3 Å². The molecule has 0 aliphatic rings. The predicted octanol–water partition coefficient (Wildman–Crippen LogP) is 3.15. The third-order valence-corrected chi connectivity index (χ3v) is 3.47. The van der Waals surface area contributed by atoms with Gasteiger partial charge in [-0.25, -0.2) is 0 Å². The molecular weight excluding hydrogens is 266 g/mol. The van der Waals surface area contributed by atoms with Crippen LogP contribution in [0.4, 0.5) is 0 Å². The summed E-state index contributed by atoms with van der Waals surface area (Å²) in [6.45, 7) is 2.50. The zero-order valence-corrected chi connectivity index (χ0v) is 12.9. The molecule has 0 atom stereocenters. The molecule has 4 heteroatoms. The molecule has 0 saturated heterocycles. The van der Waals surface area contributed by atoms with Gasteiger partial charge < -0.3 is 19.9 Å². The van der Waals surface area contributed by atoms with Crippen LogP contribution in [0.1, 0.15) is 11.1 Å². The van der Waals surface area contributed by atoms with Gasteiger partial charge in [-0.3, -0.25) is 0 Å². The Balaban J connectivity index is 2.75. The molecule has 0 aromatic heterocycles. The van der Waals surface area contributed by atoms with Gasteiger partial charge in [-0.1, -0.05) is 23.8 Å². The van der Waals surface area contributed by atoms with Crippen molar-refractivity contribution in [3.63, 3.8) is 0 Å². The Morgan fingerprint density at radius 3 is 2.00 bits per heavy atom. The van der Waals surface area contributed by atoms with E-state index in [2.05, 4.69) is 6.07 Å². The summed E-state index contributed by atoms with van der Waals surface area (Å²) in [5, 5.41) is 0. The molecule has 21 heavy (non-hydrogen) atoms. The second kappa shape index (κ2) is 6.50. The largest absolute Gasteiger partial charge is 0.496 e. The molecule has 0 saturated carbocycles. The van der Waals surface area contributed by atoms with E-state index in [0.29, 0.717) is 23.8 Å². The van der Waals surface area contributed by atoms with Crippen molar-refractivity contribution in [2.24, 2.45) is 5.73 Å². The summed E-state index contributed by atoms with van der Waals surface area (Å²) in [4.78, 5) is 0. The lowest BCUT2D eigenvalue weighted by Crippen LogP contribution is -2.02. The Kier molecular flexibility index (Phi) is 4.70. The lowest BCUT2D eigenvalue weighted by atomic mass is 9.95. The Morgan fingerprint density at radius 1 is 0.905 bits per heavy atom. The number of hydrogen-bond donors (Lipinski definition) is 1. The molecule has 112 valence electrons. The van der Waals surface area contributed by atoms with E-state index < -0.39 is 0 Å². The second-order valence-corrected chi connectivity index (χ2v) is 4.77. The molecule has 2 aromatic carbocycles. The van der Waals surface area contributed by atoms with Crippen LogP contribution in [0.5, 0.6) is 17.2 Å². The summed E-state index contributed by atoms with van der Waals surface area (Å²) in [5.41, 5.74) is 9.99. The monoisotopic (exact) mass is 287 g/mol. The van der Waals surface area contributed by atoms with Crippen molar-refractivity contribution in [1.29, 1.82) is 0 Å². The fourth-order valence-electron chi connectivity index (χ4n) is 2.37. The van der Waals surface area contributed by atoms with Crippen LogP contribution in [0.25, 0.3) is 11.1 Å². The van der Waals surface area contributed by atoms with Gasteiger partial charge in [0, 0.05) is 18.7 Å². The van der Waals surface area contributed by atoms with Gasteiger partial charge in [0.15, 0.2) is 0 Å². The van der Waals surface area contributed by atoms with Crippen molar-refractivity contribution >= 4 is 0 Å². The van der Waals surface area contributed by atoms with Crippen LogP contribution < -0.4 is 19.9 Å². The van der Waals surface area contributed by atoms with E-state index >= 15 is 0 Å². The first-order chi connectivity index (χ1) is 10.1. The number of aryl methyl sites for hydroxylation is 1. The SMILES string of the molecule is COc1cc(OC)c(-c2cc(C)ccc2CN)c(OC)c1. The standard InChI is InChI=1S/C17H21NO3/c1-11-5-6-12(10-18)14(7-11)17-15(20-3)8-13(19-2)9-16(17)21-4/h5-9H,10,18H2,1-4H3. The zero-order chi connectivity index (χ0) is 15.4. The Bertz CT molecular complexity index is 613. The van der Waals surface area contributed by atoms with Crippen molar-refractivity contribution in [2.45, 2.75) is 13.5 Å². The van der Waals surface area contributed by atoms with Gasteiger partial charge in [0.25, 0.3) is 0 Å². The third-order valence-electron chi connectivity index (χ3n) is 3.47. The molecule has 4 nitrogen and oxygen atoms in total. The number of rotatable bonds is 5. The minimum atomic E-state index is 0.452. The lowest BCUT2D eigenvalue weighted by Gasteiger charge is -2.18.